The molecule has 1 atom stereocenters. The molecule has 0 fully saturated rings. The average molecular weight is 198 g/mol. The third kappa shape index (κ3) is 71.5. The smallest absolute Gasteiger partial charge is 0.153 e. The van der Waals surface area contributed by atoms with Crippen LogP contribution in [0.2, 0.25) is 3.89 Å². The predicted molar refractivity (Wildman–Crippen MR) is 30.8 cm³/mol. The molecular weight excluding hydrogens is 185 g/mol. The van der Waals surface area contributed by atoms with E-state index in [0.717, 1.165) is 0 Å². The van der Waals surface area contributed by atoms with Crippen molar-refractivity contribution in [3.63, 3.8) is 0 Å². The Morgan fingerprint density at radius 2 is 1.17 bits per heavy atom. The summed E-state index contributed by atoms with van der Waals surface area (Å²) < 4.78 is 0.350. The van der Waals surface area contributed by atoms with Gasteiger partial charge in [-0.25, -0.2) is 0 Å². The van der Waals surface area contributed by atoms with Gasteiger partial charge in [-0.15, -0.1) is 0 Å². The largest absolute Gasteiger partial charge is 0.153 e. The normalized spacial score (nSPS) is 10.2. The third-order valence-electron chi connectivity index (χ3n) is 0. The van der Waals surface area contributed by atoms with Gasteiger partial charge in [0.2, 0.25) is 0 Å². The van der Waals surface area contributed by atoms with Crippen LogP contribution in [0, 0.1) is 0 Å². The third-order valence-corrected chi connectivity index (χ3v) is 0. The maximum absolute atomic E-state index is 3.14. The van der Waals surface area contributed by atoms with Gasteiger partial charge in [0.05, 0.1) is 0 Å². The zero-order valence-electron chi connectivity index (χ0n) is 4.52. The summed E-state index contributed by atoms with van der Waals surface area (Å²) in [5.41, 5.74) is 0. The van der Waals surface area contributed by atoms with Gasteiger partial charge in [0.15, 0.2) is 0 Å². The monoisotopic (exact) mass is 197 g/mol. The van der Waals surface area contributed by atoms with Gasteiger partial charge < -0.3 is 0 Å². The van der Waals surface area contributed by atoms with Gasteiger partial charge in [0, 0.05) is 0 Å². The molecule has 0 spiro atoms. The van der Waals surface area contributed by atoms with E-state index in [0.29, 0.717) is 3.89 Å². The van der Waals surface area contributed by atoms with Crippen molar-refractivity contribution in [2.45, 2.75) is 24.7 Å². The molecule has 0 aliphatic heterocycles. The Hall–Kier alpha value is 1.09. The Labute approximate surface area is 54.1 Å². The molecule has 0 nitrogen and oxygen atoms in total. The van der Waals surface area contributed by atoms with Crippen molar-refractivity contribution < 1.29 is 19.2 Å². The van der Waals surface area contributed by atoms with E-state index in [1.165, 1.54) is 0 Å². The average Bonchev–Trinajstić information content (AvgIpc) is 0.722. The van der Waals surface area contributed by atoms with Gasteiger partial charge >= 0.3 is 43.9 Å². The summed E-state index contributed by atoms with van der Waals surface area (Å²) in [6.07, 6.45) is 0. The van der Waals surface area contributed by atoms with Crippen molar-refractivity contribution in [3.8, 4) is 0 Å². The molecule has 0 bridgehead atoms. The van der Waals surface area contributed by atoms with Gasteiger partial charge in [0.1, 0.15) is 0 Å². The van der Waals surface area contributed by atoms with Crippen LogP contribution in [-0.4, -0.2) is 0 Å². The molecule has 1 unspecified atom stereocenters. The van der Waals surface area contributed by atoms with E-state index in [-0.39, 0.29) is 9.90 Å². The van der Waals surface area contributed by atoms with Gasteiger partial charge in [-0.1, -0.05) is 0 Å². The van der Waals surface area contributed by atoms with Gasteiger partial charge in [-0.05, 0) is 0 Å². The minimum absolute atomic E-state index is 0. The van der Waals surface area contributed by atoms with E-state index in [2.05, 4.69) is 40.0 Å². The topological polar surface area (TPSA) is 0 Å². The molecule has 0 N–H and O–H groups in total. The molecule has 0 amide bonds. The molecular formula is C4H12PPd. The fourth-order valence-electron chi connectivity index (χ4n) is 0. The van der Waals surface area contributed by atoms with Crippen molar-refractivity contribution in [1.29, 1.82) is 0 Å². The van der Waals surface area contributed by atoms with Crippen LogP contribution in [0.15, 0.2) is 0 Å². The van der Waals surface area contributed by atoms with Crippen LogP contribution in [0.3, 0.4) is 0 Å². The van der Waals surface area contributed by atoms with E-state index < -0.39 is 0 Å². The van der Waals surface area contributed by atoms with Crippen molar-refractivity contribution >= 4 is 9.90 Å². The Bertz CT molecular complexity index is 23.0. The first-order valence-corrected chi connectivity index (χ1v) is 2.44. The second-order valence-electron chi connectivity index (χ2n) is 1.97. The molecule has 0 rings (SSSR count). The molecule has 0 saturated heterocycles. The quantitative estimate of drug-likeness (QED) is 0.410. The van der Waals surface area contributed by atoms with Crippen LogP contribution in [-0.2, 0) is 19.2 Å². The van der Waals surface area contributed by atoms with Crippen LogP contribution in [0.4, 0.5) is 0 Å². The van der Waals surface area contributed by atoms with Crippen molar-refractivity contribution in [1.82, 2.24) is 0 Å². The Morgan fingerprint density at radius 1 is 1.17 bits per heavy atom. The van der Waals surface area contributed by atoms with Gasteiger partial charge in [-0.3, -0.25) is 0 Å². The van der Waals surface area contributed by atoms with Crippen LogP contribution in [0.1, 0.15) is 20.8 Å². The standard InChI is InChI=1S/C4H9.H3P.Pd/c1-4(2)3;;/h1-3H3;1H3;. The SMILES string of the molecule is C[C](C)(C)[Pd].P. The fourth-order valence-corrected chi connectivity index (χ4v) is 0. The molecule has 0 aliphatic carbocycles. The second-order valence-corrected chi connectivity index (χ2v) is 4.31. The summed E-state index contributed by atoms with van der Waals surface area (Å²) in [4.78, 5) is 0. The van der Waals surface area contributed by atoms with E-state index >= 15 is 0 Å². The first-order valence-electron chi connectivity index (χ1n) is 1.66. The van der Waals surface area contributed by atoms with Crippen molar-refractivity contribution in [2.24, 2.45) is 0 Å². The molecule has 0 aromatic heterocycles. The van der Waals surface area contributed by atoms with E-state index in [4.69, 9.17) is 0 Å². The molecule has 0 radical (unpaired) electrons. The number of rotatable bonds is 0. The molecule has 2 heteroatoms. The fraction of sp³-hybridized carbons (Fsp3) is 1.00. The summed E-state index contributed by atoms with van der Waals surface area (Å²) in [6.45, 7) is 6.36. The zero-order valence-corrected chi connectivity index (χ0v) is 7.49. The van der Waals surface area contributed by atoms with Crippen molar-refractivity contribution in [2.75, 3.05) is 0 Å². The Balaban J connectivity index is 0. The van der Waals surface area contributed by atoms with E-state index in [1.54, 1.807) is 0 Å². The maximum Gasteiger partial charge on any atom is -0.153 e. The maximum atomic E-state index is 3.14. The molecule has 43 valence electrons. The first-order chi connectivity index (χ1) is 2.00. The van der Waals surface area contributed by atoms with Crippen LogP contribution < -0.4 is 0 Å². The second kappa shape index (κ2) is 3.14. The Kier molecular flexibility index (Phi) is 5.31. The number of hydrogen-bond acceptors (Lipinski definition) is 0. The van der Waals surface area contributed by atoms with Gasteiger partial charge in [0.25, 0.3) is 0 Å². The van der Waals surface area contributed by atoms with Crippen molar-refractivity contribution in [3.05, 3.63) is 0 Å². The number of hydrogen-bond donors (Lipinski definition) is 0. The predicted octanol–water partition coefficient (Wildman–Crippen LogP) is 1.81. The molecule has 0 aromatic carbocycles. The Morgan fingerprint density at radius 3 is 1.17 bits per heavy atom. The molecule has 0 aliphatic rings. The van der Waals surface area contributed by atoms with E-state index in [1.807, 2.05) is 0 Å². The summed E-state index contributed by atoms with van der Waals surface area (Å²) in [6, 6.07) is 0. The van der Waals surface area contributed by atoms with Crippen LogP contribution in [0.25, 0.3) is 0 Å². The van der Waals surface area contributed by atoms with Gasteiger partial charge in [-0.2, -0.15) is 9.90 Å². The van der Waals surface area contributed by atoms with E-state index in [9.17, 15) is 0 Å². The summed E-state index contributed by atoms with van der Waals surface area (Å²) in [5, 5.41) is 0. The van der Waals surface area contributed by atoms with Crippen LogP contribution in [0.5, 0.6) is 0 Å². The molecule has 0 heterocycles. The first kappa shape index (κ1) is 10.2. The van der Waals surface area contributed by atoms with Crippen LogP contribution >= 0.6 is 9.90 Å². The minimum Gasteiger partial charge on any atom is -0.153 e. The minimum atomic E-state index is 0. The molecule has 0 saturated carbocycles. The molecule has 6 heavy (non-hydrogen) atoms. The zero-order chi connectivity index (χ0) is 4.50. The molecule has 0 aromatic rings. The summed E-state index contributed by atoms with van der Waals surface area (Å²) >= 11 is 3.14. The summed E-state index contributed by atoms with van der Waals surface area (Å²) in [5.74, 6) is 0. The summed E-state index contributed by atoms with van der Waals surface area (Å²) in [7, 11) is 0.